The van der Waals surface area contributed by atoms with Gasteiger partial charge in [-0.05, 0) is 12.8 Å². The zero-order valence-corrected chi connectivity index (χ0v) is 8.71. The van der Waals surface area contributed by atoms with Crippen LogP contribution >= 0.6 is 0 Å². The standard InChI is InChI=1S/C11H20N2O/c12-8-7-11(14)9-13-10-5-3-1-2-4-6-10/h10-11,13-14H,1-7,9H2. The van der Waals surface area contributed by atoms with Crippen molar-refractivity contribution < 1.29 is 5.11 Å². The van der Waals surface area contributed by atoms with Crippen LogP contribution < -0.4 is 5.32 Å². The molecular weight excluding hydrogens is 176 g/mol. The molecule has 0 aromatic carbocycles. The highest BCUT2D eigenvalue weighted by Gasteiger charge is 2.12. The quantitative estimate of drug-likeness (QED) is 0.671. The van der Waals surface area contributed by atoms with Gasteiger partial charge in [-0.15, -0.1) is 0 Å². The van der Waals surface area contributed by atoms with E-state index in [1.54, 1.807) is 0 Å². The number of nitrogens with zero attached hydrogens (tertiary/aromatic N) is 1. The number of rotatable bonds is 4. The summed E-state index contributed by atoms with van der Waals surface area (Å²) in [5.74, 6) is 0. The van der Waals surface area contributed by atoms with Crippen molar-refractivity contribution in [3.8, 4) is 6.07 Å². The Morgan fingerprint density at radius 2 is 1.93 bits per heavy atom. The molecule has 1 rings (SSSR count). The molecule has 0 heterocycles. The van der Waals surface area contributed by atoms with Gasteiger partial charge in [-0.25, -0.2) is 0 Å². The molecule has 1 saturated carbocycles. The van der Waals surface area contributed by atoms with Gasteiger partial charge in [0, 0.05) is 12.6 Å². The molecule has 3 heteroatoms. The Labute approximate surface area is 86.1 Å². The third-order valence-electron chi connectivity index (χ3n) is 2.82. The van der Waals surface area contributed by atoms with Crippen molar-refractivity contribution in [3.63, 3.8) is 0 Å². The molecule has 0 amide bonds. The van der Waals surface area contributed by atoms with Gasteiger partial charge in [0.05, 0.1) is 18.6 Å². The molecule has 0 aromatic heterocycles. The van der Waals surface area contributed by atoms with Crippen LogP contribution in [0.25, 0.3) is 0 Å². The molecule has 0 bridgehead atoms. The van der Waals surface area contributed by atoms with Crippen LogP contribution in [0, 0.1) is 11.3 Å². The van der Waals surface area contributed by atoms with Crippen molar-refractivity contribution in [2.24, 2.45) is 0 Å². The Kier molecular flexibility index (Phi) is 5.58. The topological polar surface area (TPSA) is 56.0 Å². The fourth-order valence-electron chi connectivity index (χ4n) is 1.96. The number of hydrogen-bond acceptors (Lipinski definition) is 3. The molecule has 0 aromatic rings. The lowest BCUT2D eigenvalue weighted by Crippen LogP contribution is -2.35. The molecule has 2 N–H and O–H groups in total. The van der Waals surface area contributed by atoms with Gasteiger partial charge in [-0.3, -0.25) is 0 Å². The average Bonchev–Trinajstić information content (AvgIpc) is 2.43. The predicted molar refractivity (Wildman–Crippen MR) is 55.7 cm³/mol. The van der Waals surface area contributed by atoms with Crippen molar-refractivity contribution in [1.29, 1.82) is 5.26 Å². The van der Waals surface area contributed by atoms with E-state index in [9.17, 15) is 5.11 Å². The molecule has 0 saturated heterocycles. The van der Waals surface area contributed by atoms with Crippen LogP contribution in [0.5, 0.6) is 0 Å². The van der Waals surface area contributed by atoms with Gasteiger partial charge in [-0.1, -0.05) is 25.7 Å². The van der Waals surface area contributed by atoms with Crippen molar-refractivity contribution in [3.05, 3.63) is 0 Å². The van der Waals surface area contributed by atoms with Gasteiger partial charge >= 0.3 is 0 Å². The van der Waals surface area contributed by atoms with E-state index in [4.69, 9.17) is 5.26 Å². The summed E-state index contributed by atoms with van der Waals surface area (Å²) in [5, 5.41) is 21.1. The Balaban J connectivity index is 2.13. The lowest BCUT2D eigenvalue weighted by Gasteiger charge is -2.17. The highest BCUT2D eigenvalue weighted by Crippen LogP contribution is 2.17. The maximum Gasteiger partial charge on any atom is 0.0794 e. The first-order valence-electron chi connectivity index (χ1n) is 5.61. The highest BCUT2D eigenvalue weighted by molar-refractivity contribution is 4.78. The third-order valence-corrected chi connectivity index (χ3v) is 2.82. The number of aliphatic hydroxyl groups excluding tert-OH is 1. The van der Waals surface area contributed by atoms with Crippen LogP contribution in [0.1, 0.15) is 44.9 Å². The molecule has 3 nitrogen and oxygen atoms in total. The normalized spacial score (nSPS) is 21.1. The van der Waals surface area contributed by atoms with Gasteiger partial charge in [0.1, 0.15) is 0 Å². The average molecular weight is 196 g/mol. The molecular formula is C11H20N2O. The van der Waals surface area contributed by atoms with Crippen molar-refractivity contribution >= 4 is 0 Å². The van der Waals surface area contributed by atoms with Gasteiger partial charge in [-0.2, -0.15) is 5.26 Å². The number of hydrogen-bond donors (Lipinski definition) is 2. The zero-order chi connectivity index (χ0) is 10.2. The van der Waals surface area contributed by atoms with E-state index >= 15 is 0 Å². The van der Waals surface area contributed by atoms with Crippen molar-refractivity contribution in [2.75, 3.05) is 6.54 Å². The molecule has 1 atom stereocenters. The summed E-state index contributed by atoms with van der Waals surface area (Å²) >= 11 is 0. The summed E-state index contributed by atoms with van der Waals surface area (Å²) in [6.45, 7) is 0.568. The van der Waals surface area contributed by atoms with Crippen LogP contribution in [-0.2, 0) is 0 Å². The first kappa shape index (κ1) is 11.5. The molecule has 1 aliphatic carbocycles. The molecule has 1 fully saturated rings. The van der Waals surface area contributed by atoms with E-state index in [-0.39, 0.29) is 6.42 Å². The fraction of sp³-hybridized carbons (Fsp3) is 0.909. The predicted octanol–water partition coefficient (Wildman–Crippen LogP) is 1.57. The highest BCUT2D eigenvalue weighted by atomic mass is 16.3. The summed E-state index contributed by atoms with van der Waals surface area (Å²) in [5.41, 5.74) is 0. The van der Waals surface area contributed by atoms with E-state index in [0.717, 1.165) is 0 Å². The van der Waals surface area contributed by atoms with Gasteiger partial charge in [0.25, 0.3) is 0 Å². The largest absolute Gasteiger partial charge is 0.391 e. The fourth-order valence-corrected chi connectivity index (χ4v) is 1.96. The molecule has 0 radical (unpaired) electrons. The van der Waals surface area contributed by atoms with E-state index in [2.05, 4.69) is 5.32 Å². The summed E-state index contributed by atoms with van der Waals surface area (Å²) < 4.78 is 0. The Morgan fingerprint density at radius 1 is 1.29 bits per heavy atom. The number of nitrogens with one attached hydrogen (secondary N) is 1. The van der Waals surface area contributed by atoms with Gasteiger partial charge in [0.2, 0.25) is 0 Å². The van der Waals surface area contributed by atoms with E-state index in [1.807, 2.05) is 6.07 Å². The first-order chi connectivity index (χ1) is 6.83. The third kappa shape index (κ3) is 4.59. The van der Waals surface area contributed by atoms with E-state index in [0.29, 0.717) is 12.6 Å². The van der Waals surface area contributed by atoms with Gasteiger partial charge < -0.3 is 10.4 Å². The van der Waals surface area contributed by atoms with Gasteiger partial charge in [0.15, 0.2) is 0 Å². The van der Waals surface area contributed by atoms with Crippen LogP contribution in [0.15, 0.2) is 0 Å². The van der Waals surface area contributed by atoms with Crippen molar-refractivity contribution in [1.82, 2.24) is 5.32 Å². The Hall–Kier alpha value is -0.590. The summed E-state index contributed by atoms with van der Waals surface area (Å²) in [6, 6.07) is 2.54. The minimum atomic E-state index is -0.497. The molecule has 14 heavy (non-hydrogen) atoms. The van der Waals surface area contributed by atoms with Crippen LogP contribution in [-0.4, -0.2) is 23.8 Å². The summed E-state index contributed by atoms with van der Waals surface area (Å²) in [6.07, 6.45) is 7.47. The minimum Gasteiger partial charge on any atom is -0.391 e. The second-order valence-electron chi connectivity index (χ2n) is 4.11. The number of aliphatic hydroxyl groups is 1. The molecule has 0 spiro atoms. The first-order valence-corrected chi connectivity index (χ1v) is 5.61. The molecule has 1 aliphatic rings. The maximum absolute atomic E-state index is 9.37. The lowest BCUT2D eigenvalue weighted by molar-refractivity contribution is 0.170. The zero-order valence-electron chi connectivity index (χ0n) is 8.71. The maximum atomic E-state index is 9.37. The minimum absolute atomic E-state index is 0.236. The van der Waals surface area contributed by atoms with Crippen LogP contribution in [0.2, 0.25) is 0 Å². The second-order valence-corrected chi connectivity index (χ2v) is 4.11. The Morgan fingerprint density at radius 3 is 2.50 bits per heavy atom. The van der Waals surface area contributed by atoms with E-state index < -0.39 is 6.10 Å². The van der Waals surface area contributed by atoms with Crippen molar-refractivity contribution in [2.45, 2.75) is 57.1 Å². The molecule has 0 aliphatic heterocycles. The van der Waals surface area contributed by atoms with Crippen LogP contribution in [0.3, 0.4) is 0 Å². The SMILES string of the molecule is N#CCC(O)CNC1CCCCCC1. The summed E-state index contributed by atoms with van der Waals surface area (Å²) in [7, 11) is 0. The smallest absolute Gasteiger partial charge is 0.0794 e. The monoisotopic (exact) mass is 196 g/mol. The summed E-state index contributed by atoms with van der Waals surface area (Å²) in [4.78, 5) is 0. The Bertz CT molecular complexity index is 180. The molecule has 80 valence electrons. The van der Waals surface area contributed by atoms with E-state index in [1.165, 1.54) is 38.5 Å². The number of nitriles is 1. The second kappa shape index (κ2) is 6.80. The molecule has 1 unspecified atom stereocenters. The van der Waals surface area contributed by atoms with Crippen LogP contribution in [0.4, 0.5) is 0 Å². The lowest BCUT2D eigenvalue weighted by atomic mass is 10.1.